The first kappa shape index (κ1) is 15.0. The van der Waals surface area contributed by atoms with E-state index in [1.54, 1.807) is 6.07 Å². The molecule has 6 heteroatoms. The fourth-order valence-electron chi connectivity index (χ4n) is 2.64. The smallest absolute Gasteiger partial charge is 0.272 e. The second-order valence-electron chi connectivity index (χ2n) is 6.07. The molecule has 0 spiro atoms. The maximum atomic E-state index is 12.4. The molecular weight excluding hydrogens is 280 g/mol. The van der Waals surface area contributed by atoms with Gasteiger partial charge in [-0.15, -0.1) is 0 Å². The van der Waals surface area contributed by atoms with Crippen LogP contribution in [0.25, 0.3) is 0 Å². The summed E-state index contributed by atoms with van der Waals surface area (Å²) in [4.78, 5) is 32.4. The van der Waals surface area contributed by atoms with Gasteiger partial charge >= 0.3 is 0 Å². The summed E-state index contributed by atoms with van der Waals surface area (Å²) in [7, 11) is 0. The van der Waals surface area contributed by atoms with Crippen molar-refractivity contribution in [1.82, 2.24) is 20.1 Å². The molecule has 1 aliphatic heterocycles. The van der Waals surface area contributed by atoms with Gasteiger partial charge in [0, 0.05) is 37.9 Å². The Labute approximate surface area is 130 Å². The Bertz CT molecular complexity index is 563. The van der Waals surface area contributed by atoms with Crippen molar-refractivity contribution >= 4 is 11.8 Å². The number of aromatic nitrogens is 1. The topological polar surface area (TPSA) is 65.5 Å². The zero-order valence-corrected chi connectivity index (χ0v) is 12.9. The highest BCUT2D eigenvalue weighted by atomic mass is 16.2. The highest BCUT2D eigenvalue weighted by Crippen LogP contribution is 2.18. The molecular formula is C16H22N4O2. The minimum absolute atomic E-state index is 0.0224. The molecule has 22 heavy (non-hydrogen) atoms. The zero-order chi connectivity index (χ0) is 15.5. The highest BCUT2D eigenvalue weighted by Gasteiger charge is 2.26. The maximum Gasteiger partial charge on any atom is 0.272 e. The molecule has 1 aliphatic carbocycles. The Balaban J connectivity index is 1.48. The summed E-state index contributed by atoms with van der Waals surface area (Å²) in [6, 6.07) is 5.90. The van der Waals surface area contributed by atoms with Gasteiger partial charge in [-0.2, -0.15) is 0 Å². The highest BCUT2D eigenvalue weighted by molar-refractivity contribution is 5.92. The number of nitrogens with one attached hydrogen (secondary N) is 1. The molecule has 1 saturated heterocycles. The number of hydrogen-bond acceptors (Lipinski definition) is 4. The van der Waals surface area contributed by atoms with Gasteiger partial charge < -0.3 is 10.2 Å². The number of carbonyl (C=O) groups is 2. The van der Waals surface area contributed by atoms with Crippen LogP contribution in [0.2, 0.25) is 0 Å². The molecule has 1 N–H and O–H groups in total. The lowest BCUT2D eigenvalue weighted by Crippen LogP contribution is -2.51. The van der Waals surface area contributed by atoms with E-state index in [9.17, 15) is 9.59 Å². The lowest BCUT2D eigenvalue weighted by Gasteiger charge is -2.34. The van der Waals surface area contributed by atoms with Gasteiger partial charge in [0.2, 0.25) is 5.91 Å². The van der Waals surface area contributed by atoms with Crippen molar-refractivity contribution in [1.29, 1.82) is 0 Å². The lowest BCUT2D eigenvalue weighted by molar-refractivity contribution is -0.122. The molecule has 1 saturated carbocycles. The number of hydrogen-bond donors (Lipinski definition) is 1. The van der Waals surface area contributed by atoms with Crippen LogP contribution >= 0.6 is 0 Å². The van der Waals surface area contributed by atoms with E-state index in [0.29, 0.717) is 31.4 Å². The average Bonchev–Trinajstić information content (AvgIpc) is 3.31. The lowest BCUT2D eigenvalue weighted by atomic mass is 10.2. The number of carbonyl (C=O) groups excluding carboxylic acids is 2. The number of rotatable bonds is 4. The monoisotopic (exact) mass is 302 g/mol. The molecule has 2 amide bonds. The third kappa shape index (κ3) is 3.82. The second-order valence-corrected chi connectivity index (χ2v) is 6.07. The summed E-state index contributed by atoms with van der Waals surface area (Å²) in [5, 5.41) is 3.00. The van der Waals surface area contributed by atoms with Crippen molar-refractivity contribution in [3.63, 3.8) is 0 Å². The van der Waals surface area contributed by atoms with Crippen LogP contribution in [0, 0.1) is 6.92 Å². The normalized spacial score (nSPS) is 19.0. The van der Waals surface area contributed by atoms with Crippen molar-refractivity contribution in [2.75, 3.05) is 32.7 Å². The van der Waals surface area contributed by atoms with Gasteiger partial charge in [-0.25, -0.2) is 4.98 Å². The third-order valence-corrected chi connectivity index (χ3v) is 4.08. The van der Waals surface area contributed by atoms with Gasteiger partial charge in [-0.1, -0.05) is 6.07 Å². The van der Waals surface area contributed by atoms with E-state index in [1.807, 2.05) is 24.0 Å². The fraction of sp³-hybridized carbons (Fsp3) is 0.562. The minimum Gasteiger partial charge on any atom is -0.352 e. The molecule has 2 heterocycles. The standard InChI is InChI=1S/C16H22N4O2/c1-12-3-2-4-14(17-12)16(22)20-9-7-19(8-10-20)11-15(21)18-13-5-6-13/h2-4,13H,5-11H2,1H3,(H,18,21). The SMILES string of the molecule is Cc1cccc(C(=O)N2CCN(CC(=O)NC3CC3)CC2)n1. The van der Waals surface area contributed by atoms with Crippen LogP contribution in [-0.4, -0.2) is 65.4 Å². The Morgan fingerprint density at radius 3 is 2.59 bits per heavy atom. The molecule has 0 atom stereocenters. The number of aryl methyl sites for hydroxylation is 1. The van der Waals surface area contributed by atoms with Gasteiger partial charge in [-0.05, 0) is 31.9 Å². The van der Waals surface area contributed by atoms with Crippen molar-refractivity contribution in [3.8, 4) is 0 Å². The molecule has 2 aliphatic rings. The first-order valence-electron chi connectivity index (χ1n) is 7.86. The molecule has 118 valence electrons. The average molecular weight is 302 g/mol. The predicted molar refractivity (Wildman–Crippen MR) is 82.5 cm³/mol. The van der Waals surface area contributed by atoms with E-state index in [1.165, 1.54) is 0 Å². The van der Waals surface area contributed by atoms with Gasteiger partial charge in [0.25, 0.3) is 5.91 Å². The van der Waals surface area contributed by atoms with Gasteiger partial charge in [0.1, 0.15) is 5.69 Å². The summed E-state index contributed by atoms with van der Waals surface area (Å²) in [5.41, 5.74) is 1.35. The Hall–Kier alpha value is -1.95. The van der Waals surface area contributed by atoms with Crippen LogP contribution in [0.3, 0.4) is 0 Å². The molecule has 0 bridgehead atoms. The van der Waals surface area contributed by atoms with Crippen LogP contribution in [-0.2, 0) is 4.79 Å². The van der Waals surface area contributed by atoms with Crippen molar-refractivity contribution in [2.24, 2.45) is 0 Å². The summed E-state index contributed by atoms with van der Waals surface area (Å²) >= 11 is 0. The van der Waals surface area contributed by atoms with E-state index in [-0.39, 0.29) is 11.8 Å². The van der Waals surface area contributed by atoms with Crippen LogP contribution in [0.15, 0.2) is 18.2 Å². The molecule has 1 aromatic rings. The number of piperazine rings is 1. The molecule has 0 radical (unpaired) electrons. The van der Waals surface area contributed by atoms with E-state index < -0.39 is 0 Å². The van der Waals surface area contributed by atoms with Gasteiger partial charge in [-0.3, -0.25) is 14.5 Å². The first-order valence-corrected chi connectivity index (χ1v) is 7.86. The molecule has 0 unspecified atom stereocenters. The van der Waals surface area contributed by atoms with Gasteiger partial charge in [0.15, 0.2) is 0 Å². The Morgan fingerprint density at radius 2 is 1.95 bits per heavy atom. The largest absolute Gasteiger partial charge is 0.352 e. The summed E-state index contributed by atoms with van der Waals surface area (Å²) in [6.07, 6.45) is 2.22. The van der Waals surface area contributed by atoms with Gasteiger partial charge in [0.05, 0.1) is 6.54 Å². The zero-order valence-electron chi connectivity index (χ0n) is 12.9. The van der Waals surface area contributed by atoms with E-state index in [2.05, 4.69) is 15.2 Å². The Kier molecular flexibility index (Phi) is 4.38. The fourth-order valence-corrected chi connectivity index (χ4v) is 2.64. The molecule has 1 aromatic heterocycles. The summed E-state index contributed by atoms with van der Waals surface area (Å²) in [6.45, 7) is 5.07. The molecule has 6 nitrogen and oxygen atoms in total. The van der Waals surface area contributed by atoms with Crippen molar-refractivity contribution in [3.05, 3.63) is 29.6 Å². The van der Waals surface area contributed by atoms with Crippen LogP contribution in [0.4, 0.5) is 0 Å². The minimum atomic E-state index is -0.0224. The molecule has 2 fully saturated rings. The van der Waals surface area contributed by atoms with Crippen LogP contribution in [0.1, 0.15) is 29.0 Å². The van der Waals surface area contributed by atoms with Crippen molar-refractivity contribution in [2.45, 2.75) is 25.8 Å². The third-order valence-electron chi connectivity index (χ3n) is 4.08. The van der Waals surface area contributed by atoms with Crippen molar-refractivity contribution < 1.29 is 9.59 Å². The first-order chi connectivity index (χ1) is 10.6. The van der Waals surface area contributed by atoms with E-state index >= 15 is 0 Å². The second kappa shape index (κ2) is 6.44. The molecule has 3 rings (SSSR count). The summed E-state index contributed by atoms with van der Waals surface area (Å²) in [5.74, 6) is 0.0772. The quantitative estimate of drug-likeness (QED) is 0.876. The van der Waals surface area contributed by atoms with E-state index in [0.717, 1.165) is 31.6 Å². The predicted octanol–water partition coefficient (Wildman–Crippen LogP) is 0.426. The van der Waals surface area contributed by atoms with Crippen LogP contribution in [0.5, 0.6) is 0 Å². The van der Waals surface area contributed by atoms with Crippen LogP contribution < -0.4 is 5.32 Å². The number of amides is 2. The maximum absolute atomic E-state index is 12.4. The van der Waals surface area contributed by atoms with E-state index in [4.69, 9.17) is 0 Å². The number of nitrogens with zero attached hydrogens (tertiary/aromatic N) is 3. The summed E-state index contributed by atoms with van der Waals surface area (Å²) < 4.78 is 0. The number of pyridine rings is 1. The Morgan fingerprint density at radius 1 is 1.23 bits per heavy atom. The molecule has 0 aromatic carbocycles.